The first-order valence-electron chi connectivity index (χ1n) is 11.2. The second kappa shape index (κ2) is 9.33. The highest BCUT2D eigenvalue weighted by Gasteiger charge is 2.40. The third-order valence-electron chi connectivity index (χ3n) is 5.92. The van der Waals surface area contributed by atoms with Gasteiger partial charge in [0.1, 0.15) is 11.4 Å². The lowest BCUT2D eigenvalue weighted by Gasteiger charge is -2.16. The van der Waals surface area contributed by atoms with Gasteiger partial charge in [0, 0.05) is 5.69 Å². The minimum atomic E-state index is -0.378. The Balaban J connectivity index is 1.77. The fourth-order valence-electron chi connectivity index (χ4n) is 3.87. The number of aryl methyl sites for hydroxylation is 3. The molecule has 2 amide bonds. The molecule has 4 rings (SSSR count). The highest BCUT2D eigenvalue weighted by Crippen LogP contribution is 2.35. The summed E-state index contributed by atoms with van der Waals surface area (Å²) in [5.74, 6) is -0.0332. The van der Waals surface area contributed by atoms with Crippen LogP contribution in [0.4, 0.5) is 11.4 Å². The Kier molecular flexibility index (Phi) is 6.31. The van der Waals surface area contributed by atoms with Crippen LogP contribution in [0.25, 0.3) is 5.57 Å². The molecule has 0 spiro atoms. The van der Waals surface area contributed by atoms with E-state index in [2.05, 4.69) is 12.2 Å². The number of hydrogen-bond donors (Lipinski definition) is 1. The number of rotatable bonds is 7. The fraction of sp³-hybridized carbons (Fsp3) is 0.214. The smallest absolute Gasteiger partial charge is 0.282 e. The van der Waals surface area contributed by atoms with Crippen LogP contribution < -0.4 is 15.0 Å². The molecule has 33 heavy (non-hydrogen) atoms. The summed E-state index contributed by atoms with van der Waals surface area (Å²) in [6.45, 7) is 8.57. The van der Waals surface area contributed by atoms with Gasteiger partial charge in [0.05, 0.1) is 17.9 Å². The van der Waals surface area contributed by atoms with Gasteiger partial charge < -0.3 is 10.1 Å². The van der Waals surface area contributed by atoms with Crippen LogP contribution in [0.2, 0.25) is 0 Å². The third kappa shape index (κ3) is 4.40. The van der Waals surface area contributed by atoms with Gasteiger partial charge in [-0.05, 0) is 85.8 Å². The van der Waals surface area contributed by atoms with Crippen molar-refractivity contribution in [2.75, 3.05) is 16.8 Å². The number of carbonyl (C=O) groups is 2. The zero-order valence-electron chi connectivity index (χ0n) is 19.4. The van der Waals surface area contributed by atoms with E-state index in [1.54, 1.807) is 24.3 Å². The molecule has 5 nitrogen and oxygen atoms in total. The van der Waals surface area contributed by atoms with E-state index in [9.17, 15) is 9.59 Å². The maximum atomic E-state index is 13.6. The minimum Gasteiger partial charge on any atom is -0.494 e. The lowest BCUT2D eigenvalue weighted by Crippen LogP contribution is -2.32. The van der Waals surface area contributed by atoms with E-state index in [1.165, 1.54) is 10.5 Å². The molecular weight excluding hydrogens is 412 g/mol. The Morgan fingerprint density at radius 2 is 1.52 bits per heavy atom. The highest BCUT2D eigenvalue weighted by atomic mass is 16.5. The summed E-state index contributed by atoms with van der Waals surface area (Å²) in [5, 5.41) is 3.23. The average molecular weight is 441 g/mol. The number of nitrogens with zero attached hydrogens (tertiary/aromatic N) is 1. The monoisotopic (exact) mass is 440 g/mol. The van der Waals surface area contributed by atoms with Crippen molar-refractivity contribution in [2.45, 2.75) is 34.1 Å². The van der Waals surface area contributed by atoms with Crippen LogP contribution >= 0.6 is 0 Å². The number of hydrogen-bond acceptors (Lipinski definition) is 4. The molecule has 0 unspecified atom stereocenters. The van der Waals surface area contributed by atoms with Gasteiger partial charge >= 0.3 is 0 Å². The molecule has 0 fully saturated rings. The van der Waals surface area contributed by atoms with Crippen molar-refractivity contribution < 1.29 is 14.3 Å². The second-order valence-electron chi connectivity index (χ2n) is 8.10. The summed E-state index contributed by atoms with van der Waals surface area (Å²) in [5.41, 5.74) is 6.03. The van der Waals surface area contributed by atoms with Crippen molar-refractivity contribution in [3.8, 4) is 5.75 Å². The van der Waals surface area contributed by atoms with Crippen LogP contribution in [0.15, 0.2) is 72.4 Å². The van der Waals surface area contributed by atoms with Crippen molar-refractivity contribution >= 4 is 28.8 Å². The fourth-order valence-corrected chi connectivity index (χ4v) is 3.87. The topological polar surface area (TPSA) is 58.6 Å². The quantitative estimate of drug-likeness (QED) is 0.482. The van der Waals surface area contributed by atoms with Gasteiger partial charge in [0.15, 0.2) is 0 Å². The van der Waals surface area contributed by atoms with E-state index in [1.807, 2.05) is 63.2 Å². The molecule has 0 aliphatic carbocycles. The SMILES string of the molecule is CCOc1ccc(N2C(=O)C(Nc3ccc(CC)cc3)=C(c3ccc(C)c(C)c3)C2=O)cc1. The second-order valence-corrected chi connectivity index (χ2v) is 8.10. The molecule has 168 valence electrons. The molecule has 0 bridgehead atoms. The van der Waals surface area contributed by atoms with Gasteiger partial charge in [-0.15, -0.1) is 0 Å². The predicted molar refractivity (Wildman–Crippen MR) is 132 cm³/mol. The normalized spacial score (nSPS) is 13.6. The zero-order chi connectivity index (χ0) is 23.5. The van der Waals surface area contributed by atoms with E-state index < -0.39 is 0 Å². The molecule has 3 aromatic carbocycles. The van der Waals surface area contributed by atoms with Crippen molar-refractivity contribution in [3.63, 3.8) is 0 Å². The number of amides is 2. The molecule has 1 aliphatic heterocycles. The summed E-state index contributed by atoms with van der Waals surface area (Å²) in [6, 6.07) is 20.7. The standard InChI is InChI=1S/C28H28N2O3/c1-5-20-8-11-22(12-9-20)29-26-25(21-10-7-18(3)19(4)17-21)27(31)30(28(26)32)23-13-15-24(16-14-23)33-6-2/h7-17,29H,5-6H2,1-4H3. The molecule has 3 aromatic rings. The van der Waals surface area contributed by atoms with Gasteiger partial charge in [0.2, 0.25) is 0 Å². The number of benzene rings is 3. The molecule has 1 heterocycles. The van der Waals surface area contributed by atoms with E-state index in [-0.39, 0.29) is 17.5 Å². The molecule has 5 heteroatoms. The lowest BCUT2D eigenvalue weighted by atomic mass is 9.99. The van der Waals surface area contributed by atoms with Crippen molar-refractivity contribution in [3.05, 3.63) is 94.7 Å². The Morgan fingerprint density at radius 3 is 2.12 bits per heavy atom. The first kappa shape index (κ1) is 22.3. The molecule has 1 aliphatic rings. The van der Waals surface area contributed by atoms with Gasteiger partial charge in [0.25, 0.3) is 11.8 Å². The van der Waals surface area contributed by atoms with Crippen LogP contribution in [0.5, 0.6) is 5.75 Å². The number of carbonyl (C=O) groups excluding carboxylic acids is 2. The van der Waals surface area contributed by atoms with E-state index in [0.717, 1.165) is 28.8 Å². The average Bonchev–Trinajstić information content (AvgIpc) is 3.06. The van der Waals surface area contributed by atoms with Crippen LogP contribution in [0.3, 0.4) is 0 Å². The largest absolute Gasteiger partial charge is 0.494 e. The maximum Gasteiger partial charge on any atom is 0.282 e. The Morgan fingerprint density at radius 1 is 0.818 bits per heavy atom. The van der Waals surface area contributed by atoms with E-state index in [4.69, 9.17) is 4.74 Å². The molecule has 0 radical (unpaired) electrons. The van der Waals surface area contributed by atoms with E-state index >= 15 is 0 Å². The molecule has 0 atom stereocenters. The summed E-state index contributed by atoms with van der Waals surface area (Å²) in [7, 11) is 0. The van der Waals surface area contributed by atoms with Crippen LogP contribution in [-0.4, -0.2) is 18.4 Å². The van der Waals surface area contributed by atoms with Crippen molar-refractivity contribution in [1.82, 2.24) is 0 Å². The minimum absolute atomic E-state index is 0.279. The zero-order valence-corrected chi connectivity index (χ0v) is 19.4. The summed E-state index contributed by atoms with van der Waals surface area (Å²) in [6.07, 6.45) is 0.930. The number of anilines is 2. The molecule has 0 aromatic heterocycles. The van der Waals surface area contributed by atoms with Crippen LogP contribution in [0.1, 0.15) is 36.1 Å². The lowest BCUT2D eigenvalue weighted by molar-refractivity contribution is -0.120. The number of nitrogens with one attached hydrogen (secondary N) is 1. The Hall–Kier alpha value is -3.86. The maximum absolute atomic E-state index is 13.6. The number of ether oxygens (including phenoxy) is 1. The molecular formula is C28H28N2O3. The Labute approximate surface area is 194 Å². The molecule has 0 saturated heterocycles. The van der Waals surface area contributed by atoms with Gasteiger partial charge in [-0.2, -0.15) is 0 Å². The molecule has 1 N–H and O–H groups in total. The van der Waals surface area contributed by atoms with Gasteiger partial charge in [-0.1, -0.05) is 37.3 Å². The van der Waals surface area contributed by atoms with Gasteiger partial charge in [-0.25, -0.2) is 4.90 Å². The van der Waals surface area contributed by atoms with Crippen LogP contribution in [-0.2, 0) is 16.0 Å². The van der Waals surface area contributed by atoms with Crippen molar-refractivity contribution in [1.29, 1.82) is 0 Å². The van der Waals surface area contributed by atoms with Crippen LogP contribution in [0, 0.1) is 13.8 Å². The first-order chi connectivity index (χ1) is 15.9. The predicted octanol–water partition coefficient (Wildman–Crippen LogP) is 5.66. The third-order valence-corrected chi connectivity index (χ3v) is 5.92. The Bertz CT molecular complexity index is 1230. The van der Waals surface area contributed by atoms with Crippen molar-refractivity contribution in [2.24, 2.45) is 0 Å². The van der Waals surface area contributed by atoms with E-state index in [0.29, 0.717) is 23.6 Å². The molecule has 0 saturated carbocycles. The highest BCUT2D eigenvalue weighted by molar-refractivity contribution is 6.46. The summed E-state index contributed by atoms with van der Waals surface area (Å²) >= 11 is 0. The first-order valence-corrected chi connectivity index (χ1v) is 11.2. The van der Waals surface area contributed by atoms with Gasteiger partial charge in [-0.3, -0.25) is 9.59 Å². The summed E-state index contributed by atoms with van der Waals surface area (Å²) in [4.78, 5) is 28.4. The number of imide groups is 1. The summed E-state index contributed by atoms with van der Waals surface area (Å²) < 4.78 is 5.50.